The van der Waals surface area contributed by atoms with Crippen molar-refractivity contribution in [2.45, 2.75) is 19.8 Å². The number of nitrogens with one attached hydrogen (secondary N) is 1. The Hall–Kier alpha value is -1.72. The minimum atomic E-state index is -2.56. The lowest BCUT2D eigenvalue weighted by Crippen LogP contribution is -2.28. The van der Waals surface area contributed by atoms with E-state index in [9.17, 15) is 13.6 Å². The third-order valence-electron chi connectivity index (χ3n) is 1.94. The Morgan fingerprint density at radius 2 is 2.25 bits per heavy atom. The molecule has 0 aliphatic rings. The number of rotatable bonds is 4. The van der Waals surface area contributed by atoms with Gasteiger partial charge in [0.2, 0.25) is 0 Å². The maximum absolute atomic E-state index is 11.9. The number of anilines is 1. The normalized spacial score (nSPS) is 10.5. The van der Waals surface area contributed by atoms with Crippen molar-refractivity contribution in [2.75, 3.05) is 12.3 Å². The molecule has 0 fully saturated rings. The van der Waals surface area contributed by atoms with Crippen LogP contribution in [0.3, 0.4) is 0 Å². The van der Waals surface area contributed by atoms with E-state index in [2.05, 4.69) is 10.3 Å². The summed E-state index contributed by atoms with van der Waals surface area (Å²) in [6, 6.07) is 2.90. The Bertz CT molecular complexity index is 382. The van der Waals surface area contributed by atoms with Crippen LogP contribution in [0.5, 0.6) is 0 Å². The van der Waals surface area contributed by atoms with E-state index in [1.165, 1.54) is 12.1 Å². The van der Waals surface area contributed by atoms with Crippen LogP contribution < -0.4 is 11.1 Å². The zero-order valence-electron chi connectivity index (χ0n) is 8.84. The topological polar surface area (TPSA) is 68.0 Å². The quantitative estimate of drug-likeness (QED) is 0.815. The summed E-state index contributed by atoms with van der Waals surface area (Å²) in [5.74, 6) is -0.356. The number of aromatic nitrogens is 1. The van der Waals surface area contributed by atoms with Crippen molar-refractivity contribution < 1.29 is 13.6 Å². The number of alkyl halides is 2. The SMILES string of the molecule is CCc1cc(C(=O)NCC(F)F)cc(N)n1. The molecule has 0 spiro atoms. The van der Waals surface area contributed by atoms with Gasteiger partial charge in [-0.1, -0.05) is 6.92 Å². The van der Waals surface area contributed by atoms with Crippen LogP contribution in [0.4, 0.5) is 14.6 Å². The summed E-state index contributed by atoms with van der Waals surface area (Å²) in [5.41, 5.74) is 6.40. The second-order valence-electron chi connectivity index (χ2n) is 3.23. The highest BCUT2D eigenvalue weighted by atomic mass is 19.3. The number of nitrogens with zero attached hydrogens (tertiary/aromatic N) is 1. The number of hydrogen-bond donors (Lipinski definition) is 2. The fourth-order valence-corrected chi connectivity index (χ4v) is 1.19. The largest absolute Gasteiger partial charge is 0.384 e. The Morgan fingerprint density at radius 3 is 2.81 bits per heavy atom. The first-order chi connectivity index (χ1) is 7.52. The third kappa shape index (κ3) is 3.45. The van der Waals surface area contributed by atoms with Gasteiger partial charge < -0.3 is 11.1 Å². The molecule has 0 saturated heterocycles. The van der Waals surface area contributed by atoms with Gasteiger partial charge in [0.1, 0.15) is 5.82 Å². The molecule has 88 valence electrons. The van der Waals surface area contributed by atoms with Gasteiger partial charge in [0.15, 0.2) is 0 Å². The predicted molar refractivity (Wildman–Crippen MR) is 56.4 cm³/mol. The van der Waals surface area contributed by atoms with Gasteiger partial charge in [-0.15, -0.1) is 0 Å². The number of carbonyl (C=O) groups excluding carboxylic acids is 1. The van der Waals surface area contributed by atoms with Crippen molar-refractivity contribution >= 4 is 11.7 Å². The molecule has 0 aromatic carbocycles. The second-order valence-corrected chi connectivity index (χ2v) is 3.23. The van der Waals surface area contributed by atoms with E-state index >= 15 is 0 Å². The van der Waals surface area contributed by atoms with Gasteiger partial charge in [-0.3, -0.25) is 4.79 Å². The maximum Gasteiger partial charge on any atom is 0.255 e. The average molecular weight is 229 g/mol. The molecule has 0 radical (unpaired) electrons. The molecule has 0 atom stereocenters. The molecule has 4 nitrogen and oxygen atoms in total. The molecule has 0 saturated carbocycles. The number of nitrogens with two attached hydrogens (primary N) is 1. The van der Waals surface area contributed by atoms with E-state index < -0.39 is 18.9 Å². The Morgan fingerprint density at radius 1 is 1.56 bits per heavy atom. The number of nitrogen functional groups attached to an aromatic ring is 1. The van der Waals surface area contributed by atoms with Gasteiger partial charge in [0.05, 0.1) is 6.54 Å². The maximum atomic E-state index is 11.9. The number of pyridine rings is 1. The summed E-state index contributed by atoms with van der Waals surface area (Å²) in [4.78, 5) is 15.4. The molecule has 1 aromatic rings. The number of carbonyl (C=O) groups is 1. The zero-order chi connectivity index (χ0) is 12.1. The smallest absolute Gasteiger partial charge is 0.255 e. The molecule has 16 heavy (non-hydrogen) atoms. The number of amides is 1. The van der Waals surface area contributed by atoms with Crippen molar-refractivity contribution in [3.05, 3.63) is 23.4 Å². The monoisotopic (exact) mass is 229 g/mol. The summed E-state index contributed by atoms with van der Waals surface area (Å²) < 4.78 is 23.8. The highest BCUT2D eigenvalue weighted by molar-refractivity contribution is 5.94. The second kappa shape index (κ2) is 5.39. The number of halogens is 2. The van der Waals surface area contributed by atoms with Crippen LogP contribution in [0.1, 0.15) is 23.0 Å². The summed E-state index contributed by atoms with van der Waals surface area (Å²) in [7, 11) is 0. The van der Waals surface area contributed by atoms with Crippen LogP contribution >= 0.6 is 0 Å². The van der Waals surface area contributed by atoms with E-state index in [4.69, 9.17) is 5.73 Å². The lowest BCUT2D eigenvalue weighted by atomic mass is 10.2. The lowest BCUT2D eigenvalue weighted by Gasteiger charge is -2.06. The van der Waals surface area contributed by atoms with Crippen LogP contribution in [0.2, 0.25) is 0 Å². The van der Waals surface area contributed by atoms with Gasteiger partial charge in [-0.25, -0.2) is 13.8 Å². The molecular weight excluding hydrogens is 216 g/mol. The third-order valence-corrected chi connectivity index (χ3v) is 1.94. The molecule has 1 amide bonds. The van der Waals surface area contributed by atoms with E-state index in [1.807, 2.05) is 6.92 Å². The minimum Gasteiger partial charge on any atom is -0.384 e. The highest BCUT2D eigenvalue weighted by Crippen LogP contribution is 2.08. The lowest BCUT2D eigenvalue weighted by molar-refractivity contribution is 0.0891. The van der Waals surface area contributed by atoms with E-state index in [0.29, 0.717) is 12.1 Å². The molecule has 1 aromatic heterocycles. The Kier molecular flexibility index (Phi) is 4.16. The first-order valence-electron chi connectivity index (χ1n) is 4.85. The molecule has 0 unspecified atom stereocenters. The standard InChI is InChI=1S/C10H13F2N3O/c1-2-7-3-6(4-9(13)15-7)10(16)14-5-8(11)12/h3-4,8H,2,5H2,1H3,(H2,13,15)(H,14,16). The summed E-state index contributed by atoms with van der Waals surface area (Å²) >= 11 is 0. The van der Waals surface area contributed by atoms with Crippen LogP contribution in [0.25, 0.3) is 0 Å². The van der Waals surface area contributed by atoms with Crippen molar-refractivity contribution in [2.24, 2.45) is 0 Å². The van der Waals surface area contributed by atoms with Gasteiger partial charge >= 0.3 is 0 Å². The fraction of sp³-hybridized carbons (Fsp3) is 0.400. The van der Waals surface area contributed by atoms with Gasteiger partial charge in [-0.05, 0) is 18.6 Å². The molecule has 0 bridgehead atoms. The van der Waals surface area contributed by atoms with Crippen molar-refractivity contribution in [3.8, 4) is 0 Å². The van der Waals surface area contributed by atoms with Crippen LogP contribution in [0.15, 0.2) is 12.1 Å². The molecule has 1 rings (SSSR count). The predicted octanol–water partition coefficient (Wildman–Crippen LogP) is 1.22. The van der Waals surface area contributed by atoms with Gasteiger partial charge in [0, 0.05) is 11.3 Å². The summed E-state index contributed by atoms with van der Waals surface area (Å²) in [5, 5.41) is 2.10. The van der Waals surface area contributed by atoms with Crippen molar-refractivity contribution in [3.63, 3.8) is 0 Å². The molecule has 1 heterocycles. The fourth-order valence-electron chi connectivity index (χ4n) is 1.19. The molecule has 0 aliphatic carbocycles. The number of aryl methyl sites for hydroxylation is 1. The molecule has 0 aliphatic heterocycles. The summed E-state index contributed by atoms with van der Waals surface area (Å²) in [6.45, 7) is 1.20. The van der Waals surface area contributed by atoms with Gasteiger partial charge in [0.25, 0.3) is 12.3 Å². The van der Waals surface area contributed by atoms with Crippen LogP contribution in [0, 0.1) is 0 Å². The molecule has 6 heteroatoms. The van der Waals surface area contributed by atoms with Crippen LogP contribution in [-0.4, -0.2) is 23.9 Å². The Labute approximate surface area is 91.9 Å². The first kappa shape index (κ1) is 12.4. The van der Waals surface area contributed by atoms with Crippen LogP contribution in [-0.2, 0) is 6.42 Å². The van der Waals surface area contributed by atoms with E-state index in [1.54, 1.807) is 0 Å². The van der Waals surface area contributed by atoms with E-state index in [-0.39, 0.29) is 11.4 Å². The highest BCUT2D eigenvalue weighted by Gasteiger charge is 2.10. The van der Waals surface area contributed by atoms with Crippen molar-refractivity contribution in [1.29, 1.82) is 0 Å². The van der Waals surface area contributed by atoms with Gasteiger partial charge in [-0.2, -0.15) is 0 Å². The average Bonchev–Trinajstić information content (AvgIpc) is 2.24. The molecule has 3 N–H and O–H groups in total. The van der Waals surface area contributed by atoms with Crippen molar-refractivity contribution in [1.82, 2.24) is 10.3 Å². The summed E-state index contributed by atoms with van der Waals surface area (Å²) in [6.07, 6.45) is -1.94. The number of hydrogen-bond acceptors (Lipinski definition) is 3. The zero-order valence-corrected chi connectivity index (χ0v) is 8.84. The molecular formula is C10H13F2N3O. The minimum absolute atomic E-state index is 0.210. The first-order valence-corrected chi connectivity index (χ1v) is 4.85. The van der Waals surface area contributed by atoms with E-state index in [0.717, 1.165) is 0 Å². The Balaban J connectivity index is 2.78.